The molecule has 0 atom stereocenters. The van der Waals surface area contributed by atoms with Crippen LogP contribution in [0.5, 0.6) is 0 Å². The number of rotatable bonds is 2. The summed E-state index contributed by atoms with van der Waals surface area (Å²) in [6, 6.07) is 13.1. The molecule has 2 aromatic rings. The van der Waals surface area contributed by atoms with Gasteiger partial charge in [-0.2, -0.15) is 0 Å². The molecular weight excluding hydrogens is 234 g/mol. The van der Waals surface area contributed by atoms with Gasteiger partial charge in [0.2, 0.25) is 0 Å². The Labute approximate surface area is 114 Å². The molecule has 19 heavy (non-hydrogen) atoms. The van der Waals surface area contributed by atoms with Crippen LogP contribution in [0.4, 0.5) is 17.2 Å². The van der Waals surface area contributed by atoms with Crippen molar-refractivity contribution >= 4 is 17.2 Å². The van der Waals surface area contributed by atoms with E-state index in [0.717, 1.165) is 12.5 Å². The predicted octanol–water partition coefficient (Wildman–Crippen LogP) is 3.71. The zero-order valence-corrected chi connectivity index (χ0v) is 11.7. The molecule has 1 aromatic carbocycles. The van der Waals surface area contributed by atoms with Crippen molar-refractivity contribution in [2.75, 3.05) is 16.5 Å². The van der Waals surface area contributed by atoms with E-state index >= 15 is 0 Å². The van der Waals surface area contributed by atoms with Gasteiger partial charge < -0.3 is 9.80 Å². The zero-order chi connectivity index (χ0) is 13.4. The Morgan fingerprint density at radius 2 is 1.79 bits per heavy atom. The summed E-state index contributed by atoms with van der Waals surface area (Å²) in [5.41, 5.74) is 3.75. The minimum Gasteiger partial charge on any atom is -0.348 e. The molecule has 0 spiro atoms. The number of para-hydroxylation sites is 1. The molecule has 0 saturated carbocycles. The summed E-state index contributed by atoms with van der Waals surface area (Å²) in [5.74, 6) is 1.06. The molecule has 0 amide bonds. The van der Waals surface area contributed by atoms with Crippen molar-refractivity contribution < 1.29 is 0 Å². The molecule has 0 unspecified atom stereocenters. The van der Waals surface area contributed by atoms with Gasteiger partial charge in [-0.15, -0.1) is 0 Å². The van der Waals surface area contributed by atoms with Crippen LogP contribution < -0.4 is 9.80 Å². The molecule has 3 heteroatoms. The molecule has 1 aliphatic rings. The van der Waals surface area contributed by atoms with Crippen LogP contribution in [0, 0.1) is 6.92 Å². The van der Waals surface area contributed by atoms with Crippen LogP contribution in [0.3, 0.4) is 0 Å². The first-order valence-corrected chi connectivity index (χ1v) is 6.73. The highest BCUT2D eigenvalue weighted by Crippen LogP contribution is 2.40. The number of hydrogen-bond donors (Lipinski definition) is 0. The molecule has 0 fully saturated rings. The van der Waals surface area contributed by atoms with Crippen molar-refractivity contribution in [3.05, 3.63) is 48.2 Å². The standard InChI is InChI=1S/C16H19N3/c1-12(2)18-11-19(14-8-5-4-7-13(14)3)16-15(18)9-6-10-17-16/h4-10,12H,11H2,1-3H3. The molecule has 0 aliphatic carbocycles. The van der Waals surface area contributed by atoms with E-state index in [4.69, 9.17) is 0 Å². The van der Waals surface area contributed by atoms with E-state index in [1.807, 2.05) is 12.3 Å². The number of nitrogens with zero attached hydrogens (tertiary/aromatic N) is 3. The maximum absolute atomic E-state index is 4.58. The zero-order valence-electron chi connectivity index (χ0n) is 11.7. The van der Waals surface area contributed by atoms with Gasteiger partial charge in [-0.05, 0) is 44.5 Å². The Morgan fingerprint density at radius 3 is 2.53 bits per heavy atom. The molecule has 1 aromatic heterocycles. The van der Waals surface area contributed by atoms with Gasteiger partial charge in [-0.25, -0.2) is 4.98 Å². The molecular formula is C16H19N3. The highest BCUT2D eigenvalue weighted by atomic mass is 15.4. The van der Waals surface area contributed by atoms with E-state index in [-0.39, 0.29) is 0 Å². The van der Waals surface area contributed by atoms with E-state index in [2.05, 4.69) is 65.9 Å². The molecule has 1 aliphatic heterocycles. The van der Waals surface area contributed by atoms with Crippen LogP contribution in [0.2, 0.25) is 0 Å². The molecule has 98 valence electrons. The van der Waals surface area contributed by atoms with E-state index in [0.29, 0.717) is 6.04 Å². The maximum Gasteiger partial charge on any atom is 0.158 e. The Bertz CT molecular complexity index is 592. The number of benzene rings is 1. The second-order valence-electron chi connectivity index (χ2n) is 5.27. The Kier molecular flexibility index (Phi) is 2.90. The van der Waals surface area contributed by atoms with Gasteiger partial charge >= 0.3 is 0 Å². The van der Waals surface area contributed by atoms with Crippen LogP contribution in [-0.4, -0.2) is 17.7 Å². The average molecular weight is 253 g/mol. The third kappa shape index (κ3) is 1.95. The second kappa shape index (κ2) is 4.57. The van der Waals surface area contributed by atoms with E-state index in [9.17, 15) is 0 Å². The summed E-state index contributed by atoms with van der Waals surface area (Å²) in [7, 11) is 0. The topological polar surface area (TPSA) is 19.4 Å². The molecule has 0 bridgehead atoms. The lowest BCUT2D eigenvalue weighted by Gasteiger charge is -2.25. The van der Waals surface area contributed by atoms with Crippen molar-refractivity contribution in [2.45, 2.75) is 26.8 Å². The highest BCUT2D eigenvalue weighted by Gasteiger charge is 2.29. The SMILES string of the molecule is Cc1ccccc1N1CN(C(C)C)c2cccnc21. The highest BCUT2D eigenvalue weighted by molar-refractivity contribution is 5.80. The van der Waals surface area contributed by atoms with Crippen molar-refractivity contribution in [3.8, 4) is 0 Å². The number of pyridine rings is 1. The number of hydrogen-bond acceptors (Lipinski definition) is 3. The molecule has 0 N–H and O–H groups in total. The Hall–Kier alpha value is -2.03. The lowest BCUT2D eigenvalue weighted by molar-refractivity contribution is 0.709. The van der Waals surface area contributed by atoms with Gasteiger partial charge in [-0.1, -0.05) is 18.2 Å². The summed E-state index contributed by atoms with van der Waals surface area (Å²) in [6.45, 7) is 7.46. The third-order valence-corrected chi connectivity index (χ3v) is 3.65. The summed E-state index contributed by atoms with van der Waals surface area (Å²) < 4.78 is 0. The molecule has 0 radical (unpaired) electrons. The minimum atomic E-state index is 0.469. The fraction of sp³-hybridized carbons (Fsp3) is 0.312. The van der Waals surface area contributed by atoms with Crippen LogP contribution >= 0.6 is 0 Å². The van der Waals surface area contributed by atoms with Crippen molar-refractivity contribution in [1.29, 1.82) is 0 Å². The van der Waals surface area contributed by atoms with Gasteiger partial charge in [0.1, 0.15) is 0 Å². The van der Waals surface area contributed by atoms with Crippen LogP contribution in [0.15, 0.2) is 42.6 Å². The predicted molar refractivity (Wildman–Crippen MR) is 80.0 cm³/mol. The second-order valence-corrected chi connectivity index (χ2v) is 5.27. The van der Waals surface area contributed by atoms with Crippen LogP contribution in [0.25, 0.3) is 0 Å². The van der Waals surface area contributed by atoms with Crippen LogP contribution in [0.1, 0.15) is 19.4 Å². The van der Waals surface area contributed by atoms with Crippen molar-refractivity contribution in [2.24, 2.45) is 0 Å². The molecule has 0 saturated heterocycles. The fourth-order valence-electron chi connectivity index (χ4n) is 2.61. The minimum absolute atomic E-state index is 0.469. The number of aromatic nitrogens is 1. The summed E-state index contributed by atoms with van der Waals surface area (Å²) >= 11 is 0. The molecule has 3 nitrogen and oxygen atoms in total. The van der Waals surface area contributed by atoms with E-state index < -0.39 is 0 Å². The Balaban J connectivity index is 2.09. The normalized spacial score (nSPS) is 14.1. The van der Waals surface area contributed by atoms with Gasteiger partial charge in [0.05, 0.1) is 12.4 Å². The third-order valence-electron chi connectivity index (χ3n) is 3.65. The maximum atomic E-state index is 4.58. The van der Waals surface area contributed by atoms with Gasteiger partial charge in [0, 0.05) is 17.9 Å². The molecule has 2 heterocycles. The van der Waals surface area contributed by atoms with Crippen LogP contribution in [-0.2, 0) is 0 Å². The summed E-state index contributed by atoms with van der Waals surface area (Å²) in [5, 5.41) is 0. The summed E-state index contributed by atoms with van der Waals surface area (Å²) in [4.78, 5) is 9.26. The first kappa shape index (κ1) is 12.0. The quantitative estimate of drug-likeness (QED) is 0.813. The van der Waals surface area contributed by atoms with Crippen molar-refractivity contribution in [3.63, 3.8) is 0 Å². The number of fused-ring (bicyclic) bond motifs is 1. The van der Waals surface area contributed by atoms with Gasteiger partial charge in [0.25, 0.3) is 0 Å². The first-order valence-electron chi connectivity index (χ1n) is 6.73. The smallest absolute Gasteiger partial charge is 0.158 e. The molecule has 3 rings (SSSR count). The lowest BCUT2D eigenvalue weighted by Crippen LogP contribution is -2.33. The first-order chi connectivity index (χ1) is 9.18. The largest absolute Gasteiger partial charge is 0.348 e. The summed E-state index contributed by atoms with van der Waals surface area (Å²) in [6.07, 6.45) is 1.87. The monoisotopic (exact) mass is 253 g/mol. The van der Waals surface area contributed by atoms with Gasteiger partial charge in [0.15, 0.2) is 5.82 Å². The Morgan fingerprint density at radius 1 is 1.05 bits per heavy atom. The van der Waals surface area contributed by atoms with E-state index in [1.165, 1.54) is 16.9 Å². The fourth-order valence-corrected chi connectivity index (χ4v) is 2.61. The number of anilines is 3. The average Bonchev–Trinajstić information content (AvgIpc) is 2.79. The lowest BCUT2D eigenvalue weighted by atomic mass is 10.2. The van der Waals surface area contributed by atoms with Gasteiger partial charge in [-0.3, -0.25) is 0 Å². The van der Waals surface area contributed by atoms with Crippen molar-refractivity contribution in [1.82, 2.24) is 4.98 Å². The van der Waals surface area contributed by atoms with E-state index in [1.54, 1.807) is 0 Å². The number of aryl methyl sites for hydroxylation is 1.